The van der Waals surface area contributed by atoms with Crippen molar-refractivity contribution in [2.75, 3.05) is 12.3 Å². The molecule has 0 saturated carbocycles. The van der Waals surface area contributed by atoms with Gasteiger partial charge in [-0.15, -0.1) is 0 Å². The van der Waals surface area contributed by atoms with Gasteiger partial charge in [-0.05, 0) is 0 Å². The monoisotopic (exact) mass is 374 g/mol. The van der Waals surface area contributed by atoms with E-state index < -0.39 is 38.4 Å². The third-order valence-electron chi connectivity index (χ3n) is 3.36. The van der Waals surface area contributed by atoms with Gasteiger partial charge in [0.1, 0.15) is 12.3 Å². The SMILES string of the molecule is [15NH2][13c]1[15n][13c]2[13c]([15n][13cH][15n]2[13C@H]2[13CH2][13C@@H](O)[13C@@H]([13CH2]OP(=O)([O-])[O-])O2)[13c](=O)[15nH]1.[Li+].[Li+]. The summed E-state index contributed by atoms with van der Waals surface area (Å²) >= 11 is 0. The van der Waals surface area contributed by atoms with Gasteiger partial charge in [0.2, 0.25) is 5.95 Å². The molecule has 0 spiro atoms. The Bertz CT molecular complexity index is 839. The largest absolute Gasteiger partial charge is 1.00 e. The first-order valence-corrected chi connectivity index (χ1v) is 7.93. The molecule has 0 bridgehead atoms. The summed E-state index contributed by atoms with van der Waals surface area (Å²) in [6.45, 7) is -0.606. The number of ether oxygens (including phenoxy) is 1. The first-order valence-electron chi connectivity index (χ1n) is 6.47. The van der Waals surface area contributed by atoms with E-state index in [4.69, 9.17) is 10.5 Å². The third-order valence-corrected chi connectivity index (χ3v) is 3.83. The van der Waals surface area contributed by atoms with E-state index in [2.05, 4.69) is 19.5 Å². The second-order valence-corrected chi connectivity index (χ2v) is 6.10. The van der Waals surface area contributed by atoms with Crippen LogP contribution in [0, 0.1) is 0 Å². The zero-order chi connectivity index (χ0) is 16.8. The molecule has 2 aromatic heterocycles. The second-order valence-electron chi connectivity index (χ2n) is 4.95. The van der Waals surface area contributed by atoms with Crippen LogP contribution in [0.15, 0.2) is 11.1 Å². The maximum atomic E-state index is 11.7. The summed E-state index contributed by atoms with van der Waals surface area (Å²) in [7, 11) is -5.16. The molecule has 0 aromatic carbocycles. The van der Waals surface area contributed by atoms with Gasteiger partial charge in [0.25, 0.3) is 5.56 Å². The molecular weight excluding hydrogens is 362 g/mol. The molecule has 25 heavy (non-hydrogen) atoms. The Morgan fingerprint density at radius 3 is 2.84 bits per heavy atom. The number of imidazole rings is 1. The topological polar surface area (TPSA) is 191 Å². The Kier molecular flexibility index (Phi) is 7.51. The third kappa shape index (κ3) is 4.97. The number of fused-ring (bicyclic) bond motifs is 1. The number of aliphatic hydroxyl groups is 1. The molecule has 12 nitrogen and oxygen atoms in total. The van der Waals surface area contributed by atoms with E-state index in [1.165, 1.54) is 10.9 Å². The Morgan fingerprint density at radius 2 is 2.20 bits per heavy atom. The fourth-order valence-electron chi connectivity index (χ4n) is 2.35. The van der Waals surface area contributed by atoms with Crippen LogP contribution in [-0.2, 0) is 13.8 Å². The number of hydrogen-bond donors (Lipinski definition) is 3. The summed E-state index contributed by atoms with van der Waals surface area (Å²) in [6.07, 6.45) is -1.50. The van der Waals surface area contributed by atoms with Crippen molar-refractivity contribution in [2.24, 2.45) is 0 Å². The average Bonchev–Trinajstić information content (AvgIpc) is 2.99. The molecule has 2 aromatic rings. The Morgan fingerprint density at radius 1 is 1.52 bits per heavy atom. The molecule has 126 valence electrons. The molecule has 3 atom stereocenters. The average molecular weight is 374 g/mol. The minimum absolute atomic E-state index is 0. The predicted octanol–water partition coefficient (Wildman–Crippen LogP) is -8.80. The predicted molar refractivity (Wildman–Crippen MR) is 70.7 cm³/mol. The number of aromatic amines is 1. The van der Waals surface area contributed by atoms with Gasteiger partial charge in [-0.2, -0.15) is 4.98 Å². The molecule has 0 radical (unpaired) electrons. The fourth-order valence-corrected chi connectivity index (χ4v) is 2.68. The summed E-state index contributed by atoms with van der Waals surface area (Å²) in [4.78, 5) is 42.8. The van der Waals surface area contributed by atoms with Gasteiger partial charge in [-0.25, -0.2) is 4.98 Å². The molecule has 1 saturated heterocycles. The second kappa shape index (κ2) is 8.38. The minimum Gasteiger partial charge on any atom is -0.790 e. The van der Waals surface area contributed by atoms with Crippen molar-refractivity contribution >= 4 is 24.9 Å². The van der Waals surface area contributed by atoms with Crippen LogP contribution < -0.4 is 58.8 Å². The Balaban J connectivity index is 0.00000156. The molecular formula is C10H12Li2N5O7P. The van der Waals surface area contributed by atoms with Gasteiger partial charge in [0, 0.05) is 6.42 Å². The number of aromatic nitrogens is 4. The normalized spacial score (nSPS) is 23.2. The number of nitrogens with two attached hydrogens (primary N) is 1. The van der Waals surface area contributed by atoms with Gasteiger partial charge in [0.05, 0.1) is 26.9 Å². The summed E-state index contributed by atoms with van der Waals surface area (Å²) in [6, 6.07) is 0. The first-order chi connectivity index (χ1) is 10.7. The van der Waals surface area contributed by atoms with E-state index in [0.29, 0.717) is 0 Å². The van der Waals surface area contributed by atoms with Crippen molar-refractivity contribution < 1.29 is 66.4 Å². The molecule has 3 rings (SSSR count). The standard InChI is InChI=1S/C10H14N5O7P.2Li/c11-10-13-8-7(9(17)14-10)12-3-15(8)6-1-4(16)5(22-6)2-21-23(18,19)20;;/h3-6,16H,1-2H2,(H2,18,19,20)(H3,11,13,14,17);;/q;2*+1/p-2/t4-,5-,6-;;/m1../s1/i1+1,2+1,3+1,4+1,5+1,6+1,7+1,8+1,9+1,10+1,11+1,12+1,13+1,14+1,15+1;;. The number of nitrogens with one attached hydrogen (secondary N) is 1. The molecule has 0 amide bonds. The van der Waals surface area contributed by atoms with E-state index in [0.717, 1.165) is 0 Å². The van der Waals surface area contributed by atoms with Crippen molar-refractivity contribution in [3.05, 3.63) is 16.7 Å². The summed E-state index contributed by atoms with van der Waals surface area (Å²) in [5.41, 5.74) is 5.16. The van der Waals surface area contributed by atoms with Gasteiger partial charge in [-0.3, -0.25) is 14.3 Å². The van der Waals surface area contributed by atoms with Crippen molar-refractivity contribution in [1.82, 2.24) is 19.5 Å². The van der Waals surface area contributed by atoms with E-state index in [1.807, 2.05) is 0 Å². The van der Waals surface area contributed by atoms with E-state index in [1.54, 1.807) is 0 Å². The number of nitrogens with zero attached hydrogens (tertiary/aromatic N) is 3. The molecule has 1 aliphatic rings. The van der Waals surface area contributed by atoms with Crippen LogP contribution in [0.4, 0.5) is 5.95 Å². The van der Waals surface area contributed by atoms with Gasteiger partial charge in [0.15, 0.2) is 11.2 Å². The Labute approximate surface area is 164 Å². The van der Waals surface area contributed by atoms with Gasteiger partial charge < -0.3 is 34.5 Å². The molecule has 1 aliphatic heterocycles. The van der Waals surface area contributed by atoms with Crippen molar-refractivity contribution in [2.45, 2.75) is 24.9 Å². The number of anilines is 1. The number of H-pyrrole nitrogens is 1. The molecule has 0 unspecified atom stereocenters. The smallest absolute Gasteiger partial charge is 0.790 e. The number of phosphoric ester groups is 1. The van der Waals surface area contributed by atoms with E-state index in [-0.39, 0.29) is 61.3 Å². The van der Waals surface area contributed by atoms with Crippen LogP contribution in [0.25, 0.3) is 11.2 Å². The summed E-state index contributed by atoms with van der Waals surface area (Å²) in [5, 5.41) is 9.89. The van der Waals surface area contributed by atoms with Gasteiger partial charge in [-0.1, -0.05) is 0 Å². The maximum Gasteiger partial charge on any atom is 1.00 e. The zero-order valence-corrected chi connectivity index (χ0v) is 14.4. The molecule has 4 N–H and O–H groups in total. The van der Waals surface area contributed by atoms with Crippen LogP contribution in [0.5, 0.6) is 0 Å². The zero-order valence-electron chi connectivity index (χ0n) is 13.5. The first kappa shape index (κ1) is 22.4. The van der Waals surface area contributed by atoms with Gasteiger partial charge >= 0.3 is 37.7 Å². The summed E-state index contributed by atoms with van der Waals surface area (Å²) in [5.74, 6) is -0.110. The number of aliphatic hydroxyl groups excluding tert-OH is 1. The maximum absolute atomic E-state index is 11.7. The van der Waals surface area contributed by atoms with Crippen molar-refractivity contribution in [3.63, 3.8) is 0 Å². The van der Waals surface area contributed by atoms with Crippen molar-refractivity contribution in [1.29, 1.82) is 0 Å². The number of nitrogen functional groups attached to an aromatic ring is 1. The van der Waals surface area contributed by atoms with Crippen LogP contribution in [0.1, 0.15) is 12.6 Å². The molecule has 0 aliphatic carbocycles. The summed E-state index contributed by atoms with van der Waals surface area (Å²) < 4.78 is 21.5. The number of phosphoric acid groups is 1. The van der Waals surface area contributed by atoms with Crippen LogP contribution >= 0.6 is 7.82 Å². The van der Waals surface area contributed by atoms with E-state index in [9.17, 15) is 24.3 Å². The molecule has 15 heteroatoms. The number of rotatable bonds is 4. The molecule has 1 fully saturated rings. The van der Waals surface area contributed by atoms with Crippen LogP contribution in [-0.4, -0.2) is 43.4 Å². The van der Waals surface area contributed by atoms with Crippen LogP contribution in [0.2, 0.25) is 0 Å². The van der Waals surface area contributed by atoms with Crippen molar-refractivity contribution in [3.8, 4) is 0 Å². The quantitative estimate of drug-likeness (QED) is 0.200. The van der Waals surface area contributed by atoms with E-state index >= 15 is 0 Å². The Hall–Kier alpha value is -0.625. The van der Waals surface area contributed by atoms with Crippen LogP contribution in [0.3, 0.4) is 0 Å². The fraction of sp³-hybridized carbons (Fsp3) is 0.500. The minimum atomic E-state index is -5.16. The molecule has 3 heterocycles. The number of hydrogen-bond acceptors (Lipinski definition) is 10.